The first kappa shape index (κ1) is 13.6. The third-order valence-electron chi connectivity index (χ3n) is 2.32. The van der Waals surface area contributed by atoms with Gasteiger partial charge in [0.05, 0.1) is 10.7 Å². The molecule has 6 heteroatoms. The largest absolute Gasteiger partial charge is 0.506 e. The Morgan fingerprint density at radius 3 is 2.53 bits per heavy atom. The molecule has 0 aliphatic carbocycles. The van der Waals surface area contributed by atoms with Gasteiger partial charge in [0.1, 0.15) is 11.6 Å². The number of para-hydroxylation sites is 1. The maximum Gasteiger partial charge on any atom is 0.175 e. The van der Waals surface area contributed by atoms with Crippen LogP contribution in [0.15, 0.2) is 42.5 Å². The molecule has 2 rings (SSSR count). The second-order valence-electron chi connectivity index (χ2n) is 3.73. The summed E-state index contributed by atoms with van der Waals surface area (Å²) in [6, 6.07) is 11.4. The summed E-state index contributed by atoms with van der Waals surface area (Å²) in [5, 5.41) is 15.1. The van der Waals surface area contributed by atoms with Gasteiger partial charge < -0.3 is 15.7 Å². The molecule has 0 aliphatic heterocycles. The molecule has 3 nitrogen and oxygen atoms in total. The Balaban J connectivity index is 2.09. The zero-order valence-corrected chi connectivity index (χ0v) is 11.2. The van der Waals surface area contributed by atoms with Crippen LogP contribution in [-0.2, 0) is 0 Å². The lowest BCUT2D eigenvalue weighted by atomic mass is 10.3. The average molecular weight is 297 g/mol. The van der Waals surface area contributed by atoms with E-state index in [9.17, 15) is 9.50 Å². The van der Waals surface area contributed by atoms with Crippen molar-refractivity contribution in [3.63, 3.8) is 0 Å². The molecule has 0 amide bonds. The molecule has 0 radical (unpaired) electrons. The van der Waals surface area contributed by atoms with E-state index in [0.717, 1.165) is 11.8 Å². The fourth-order valence-corrected chi connectivity index (χ4v) is 1.83. The van der Waals surface area contributed by atoms with E-state index in [1.165, 1.54) is 6.07 Å². The normalized spacial score (nSPS) is 10.0. The van der Waals surface area contributed by atoms with Crippen LogP contribution in [0.3, 0.4) is 0 Å². The maximum atomic E-state index is 13.6. The molecule has 0 aliphatic rings. The lowest BCUT2D eigenvalue weighted by Gasteiger charge is -2.11. The fourth-order valence-electron chi connectivity index (χ4n) is 1.44. The second kappa shape index (κ2) is 5.86. The predicted molar refractivity (Wildman–Crippen MR) is 79.4 cm³/mol. The number of nitrogens with one attached hydrogen (secondary N) is 2. The molecule has 0 saturated heterocycles. The molecule has 19 heavy (non-hydrogen) atoms. The highest BCUT2D eigenvalue weighted by molar-refractivity contribution is 7.80. The van der Waals surface area contributed by atoms with Crippen molar-refractivity contribution in [3.8, 4) is 5.75 Å². The standard InChI is InChI=1S/C13H10ClFN2OS/c14-9-6-11(10(15)7-12(9)18)17-13(19)16-8-4-2-1-3-5-8/h1-7,18H,(H2,16,17,19). The first-order chi connectivity index (χ1) is 9.06. The van der Waals surface area contributed by atoms with Crippen molar-refractivity contribution < 1.29 is 9.50 Å². The van der Waals surface area contributed by atoms with Gasteiger partial charge in [-0.25, -0.2) is 4.39 Å². The molecule has 98 valence electrons. The van der Waals surface area contributed by atoms with Crippen LogP contribution in [0.25, 0.3) is 0 Å². The molecular weight excluding hydrogens is 287 g/mol. The van der Waals surface area contributed by atoms with E-state index in [2.05, 4.69) is 10.6 Å². The Morgan fingerprint density at radius 2 is 1.84 bits per heavy atom. The number of hydrogen-bond donors (Lipinski definition) is 3. The van der Waals surface area contributed by atoms with Crippen LogP contribution >= 0.6 is 23.8 Å². The van der Waals surface area contributed by atoms with Gasteiger partial charge in [-0.05, 0) is 30.4 Å². The molecule has 0 fully saturated rings. The van der Waals surface area contributed by atoms with Crippen molar-refractivity contribution in [1.82, 2.24) is 0 Å². The van der Waals surface area contributed by atoms with E-state index < -0.39 is 5.82 Å². The number of rotatable bonds is 2. The van der Waals surface area contributed by atoms with Crippen molar-refractivity contribution in [2.75, 3.05) is 10.6 Å². The maximum absolute atomic E-state index is 13.6. The minimum atomic E-state index is -0.640. The van der Waals surface area contributed by atoms with Crippen LogP contribution < -0.4 is 10.6 Å². The molecule has 0 saturated carbocycles. The first-order valence-corrected chi connectivity index (χ1v) is 6.16. The van der Waals surface area contributed by atoms with Gasteiger partial charge in [0, 0.05) is 11.8 Å². The van der Waals surface area contributed by atoms with Gasteiger partial charge >= 0.3 is 0 Å². The lowest BCUT2D eigenvalue weighted by Crippen LogP contribution is -2.19. The number of hydrogen-bond acceptors (Lipinski definition) is 2. The Bertz CT molecular complexity index is 607. The van der Waals surface area contributed by atoms with Crippen molar-refractivity contribution in [1.29, 1.82) is 0 Å². The molecule has 2 aromatic rings. The molecule has 0 aromatic heterocycles. The molecule has 2 aromatic carbocycles. The van der Waals surface area contributed by atoms with Gasteiger partial charge in [0.2, 0.25) is 0 Å². The van der Waals surface area contributed by atoms with Gasteiger partial charge in [-0.3, -0.25) is 0 Å². The van der Waals surface area contributed by atoms with Crippen molar-refractivity contribution in [2.24, 2.45) is 0 Å². The van der Waals surface area contributed by atoms with Gasteiger partial charge in [-0.2, -0.15) is 0 Å². The number of phenolic OH excluding ortho intramolecular Hbond substituents is 1. The van der Waals surface area contributed by atoms with Gasteiger partial charge in [0.25, 0.3) is 0 Å². The van der Waals surface area contributed by atoms with Crippen molar-refractivity contribution >= 4 is 40.3 Å². The van der Waals surface area contributed by atoms with E-state index in [-0.39, 0.29) is 21.6 Å². The van der Waals surface area contributed by atoms with Crippen LogP contribution in [0.2, 0.25) is 5.02 Å². The van der Waals surface area contributed by atoms with Gasteiger partial charge in [-0.1, -0.05) is 29.8 Å². The Labute approximate surface area is 120 Å². The summed E-state index contributed by atoms with van der Waals surface area (Å²) < 4.78 is 13.6. The zero-order chi connectivity index (χ0) is 13.8. The summed E-state index contributed by atoms with van der Waals surface area (Å²) in [7, 11) is 0. The third kappa shape index (κ3) is 3.56. The third-order valence-corrected chi connectivity index (χ3v) is 2.82. The number of phenols is 1. The van der Waals surface area contributed by atoms with Crippen LogP contribution in [0, 0.1) is 5.82 Å². The molecule has 0 bridgehead atoms. The van der Waals surface area contributed by atoms with Gasteiger partial charge in [-0.15, -0.1) is 0 Å². The van der Waals surface area contributed by atoms with Crippen LogP contribution in [0.5, 0.6) is 5.75 Å². The SMILES string of the molecule is Oc1cc(F)c(NC(=S)Nc2ccccc2)cc1Cl. The van der Waals surface area contributed by atoms with E-state index in [1.807, 2.05) is 30.3 Å². The van der Waals surface area contributed by atoms with E-state index in [0.29, 0.717) is 0 Å². The molecule has 0 heterocycles. The van der Waals surface area contributed by atoms with Gasteiger partial charge in [0.15, 0.2) is 5.11 Å². The summed E-state index contributed by atoms with van der Waals surface area (Å²) in [6.07, 6.45) is 0. The zero-order valence-electron chi connectivity index (χ0n) is 9.65. The lowest BCUT2D eigenvalue weighted by molar-refractivity contribution is 0.470. The molecule has 3 N–H and O–H groups in total. The number of anilines is 2. The summed E-state index contributed by atoms with van der Waals surface area (Å²) in [5.74, 6) is -0.953. The Morgan fingerprint density at radius 1 is 1.16 bits per heavy atom. The number of thiocarbonyl (C=S) groups is 1. The molecular formula is C13H10ClFN2OS. The van der Waals surface area contributed by atoms with Crippen LogP contribution in [0.1, 0.15) is 0 Å². The van der Waals surface area contributed by atoms with E-state index in [4.69, 9.17) is 23.8 Å². The van der Waals surface area contributed by atoms with Crippen molar-refractivity contribution in [2.45, 2.75) is 0 Å². The van der Waals surface area contributed by atoms with Crippen LogP contribution in [0.4, 0.5) is 15.8 Å². The Kier molecular flexibility index (Phi) is 4.19. The quantitative estimate of drug-likeness (QED) is 0.579. The van der Waals surface area contributed by atoms with E-state index >= 15 is 0 Å². The highest BCUT2D eigenvalue weighted by atomic mass is 35.5. The highest BCUT2D eigenvalue weighted by Gasteiger charge is 2.09. The minimum Gasteiger partial charge on any atom is -0.506 e. The Hall–Kier alpha value is -1.85. The monoisotopic (exact) mass is 296 g/mol. The number of benzene rings is 2. The highest BCUT2D eigenvalue weighted by Crippen LogP contribution is 2.29. The summed E-state index contributed by atoms with van der Waals surface area (Å²) in [4.78, 5) is 0. The average Bonchev–Trinajstić information content (AvgIpc) is 2.37. The number of aromatic hydroxyl groups is 1. The molecule has 0 unspecified atom stereocenters. The first-order valence-electron chi connectivity index (χ1n) is 5.37. The smallest absolute Gasteiger partial charge is 0.175 e. The predicted octanol–water partition coefficient (Wildman–Crippen LogP) is 3.99. The van der Waals surface area contributed by atoms with Crippen LogP contribution in [-0.4, -0.2) is 10.2 Å². The number of halogens is 2. The summed E-state index contributed by atoms with van der Waals surface area (Å²) >= 11 is 10.8. The molecule has 0 atom stereocenters. The van der Waals surface area contributed by atoms with Crippen molar-refractivity contribution in [3.05, 3.63) is 53.3 Å². The fraction of sp³-hybridized carbons (Fsp3) is 0. The minimum absolute atomic E-state index is 0.0476. The summed E-state index contributed by atoms with van der Waals surface area (Å²) in [5.41, 5.74) is 0.876. The molecule has 0 spiro atoms. The topological polar surface area (TPSA) is 44.3 Å². The summed E-state index contributed by atoms with van der Waals surface area (Å²) in [6.45, 7) is 0. The second-order valence-corrected chi connectivity index (χ2v) is 4.54. The van der Waals surface area contributed by atoms with E-state index in [1.54, 1.807) is 0 Å².